The van der Waals surface area contributed by atoms with Crippen molar-refractivity contribution >= 4 is 44.4 Å². The van der Waals surface area contributed by atoms with E-state index in [2.05, 4.69) is 16.4 Å². The molecule has 1 aromatic carbocycles. The summed E-state index contributed by atoms with van der Waals surface area (Å²) in [6.45, 7) is 4.15. The summed E-state index contributed by atoms with van der Waals surface area (Å²) in [6, 6.07) is 4.11. The van der Waals surface area contributed by atoms with Gasteiger partial charge >= 0.3 is 0 Å². The maximum atomic E-state index is 12.4. The maximum absolute atomic E-state index is 12.4. The number of thiazole rings is 1. The summed E-state index contributed by atoms with van der Waals surface area (Å²) in [5, 5.41) is 3.34. The topological polar surface area (TPSA) is 79.4 Å². The highest BCUT2D eigenvalue weighted by atomic mass is 32.1. The molecule has 0 radical (unpaired) electrons. The molecule has 3 amide bonds. The number of benzene rings is 1. The summed E-state index contributed by atoms with van der Waals surface area (Å²) in [5.41, 5.74) is 3.12. The number of rotatable bonds is 4. The van der Waals surface area contributed by atoms with Crippen molar-refractivity contribution in [2.75, 3.05) is 11.9 Å². The third-order valence-electron chi connectivity index (χ3n) is 5.24. The Labute approximate surface area is 161 Å². The smallest absolute Gasteiger partial charge is 0.233 e. The molecule has 1 aromatic heterocycles. The number of aryl methyl sites for hydroxylation is 2. The number of imide groups is 1. The van der Waals surface area contributed by atoms with Gasteiger partial charge in [0.1, 0.15) is 0 Å². The molecule has 0 bridgehead atoms. The summed E-state index contributed by atoms with van der Waals surface area (Å²) >= 11 is 1.43. The molecule has 6 nitrogen and oxygen atoms in total. The number of nitrogens with zero attached hydrogens (tertiary/aromatic N) is 2. The van der Waals surface area contributed by atoms with Gasteiger partial charge in [0.25, 0.3) is 0 Å². The standard InChI is InChI=1S/C20H21N3O3S/c1-11-9-12(2)17-15(10-11)27-20(22-17)21-16(24)7-8-23-18(25)13-5-3-4-6-14(13)19(23)26/h3-4,9-10,13-14H,5-8H2,1-2H3,(H,21,22,24)/t13-,14-/m0/s1. The van der Waals surface area contributed by atoms with Crippen molar-refractivity contribution in [3.05, 3.63) is 35.4 Å². The van der Waals surface area contributed by atoms with Crippen LogP contribution in [-0.4, -0.2) is 34.2 Å². The lowest BCUT2D eigenvalue weighted by Crippen LogP contribution is -2.34. The van der Waals surface area contributed by atoms with E-state index in [9.17, 15) is 14.4 Å². The first-order valence-electron chi connectivity index (χ1n) is 9.12. The highest BCUT2D eigenvalue weighted by Crippen LogP contribution is 2.35. The zero-order valence-electron chi connectivity index (χ0n) is 15.3. The van der Waals surface area contributed by atoms with Crippen LogP contribution in [0.25, 0.3) is 10.2 Å². The van der Waals surface area contributed by atoms with Gasteiger partial charge in [-0.25, -0.2) is 4.98 Å². The van der Waals surface area contributed by atoms with Gasteiger partial charge in [-0.2, -0.15) is 0 Å². The number of likely N-dealkylation sites (tertiary alicyclic amines) is 1. The number of anilines is 1. The summed E-state index contributed by atoms with van der Waals surface area (Å²) in [5.74, 6) is -1.03. The van der Waals surface area contributed by atoms with Gasteiger partial charge in [-0.3, -0.25) is 19.3 Å². The van der Waals surface area contributed by atoms with Crippen molar-refractivity contribution in [3.8, 4) is 0 Å². The van der Waals surface area contributed by atoms with E-state index in [1.807, 2.05) is 32.1 Å². The van der Waals surface area contributed by atoms with Crippen LogP contribution in [0.5, 0.6) is 0 Å². The first-order chi connectivity index (χ1) is 12.9. The van der Waals surface area contributed by atoms with Crippen LogP contribution in [0.2, 0.25) is 0 Å². The van der Waals surface area contributed by atoms with Gasteiger partial charge in [0.2, 0.25) is 17.7 Å². The zero-order chi connectivity index (χ0) is 19.1. The number of aromatic nitrogens is 1. The molecular weight excluding hydrogens is 362 g/mol. The Morgan fingerprint density at radius 1 is 1.19 bits per heavy atom. The molecule has 2 aliphatic rings. The molecule has 1 aliphatic heterocycles. The second-order valence-corrected chi connectivity index (χ2v) is 8.26. The van der Waals surface area contributed by atoms with E-state index < -0.39 is 0 Å². The fourth-order valence-corrected chi connectivity index (χ4v) is 4.97. The van der Waals surface area contributed by atoms with Crippen molar-refractivity contribution < 1.29 is 14.4 Å². The van der Waals surface area contributed by atoms with Crippen LogP contribution in [0.4, 0.5) is 5.13 Å². The van der Waals surface area contributed by atoms with E-state index in [-0.39, 0.29) is 42.5 Å². The second kappa shape index (κ2) is 6.88. The average molecular weight is 383 g/mol. The van der Waals surface area contributed by atoms with E-state index in [1.165, 1.54) is 16.2 Å². The molecule has 2 heterocycles. The van der Waals surface area contributed by atoms with Gasteiger partial charge in [0.15, 0.2) is 5.13 Å². The van der Waals surface area contributed by atoms with E-state index >= 15 is 0 Å². The Kier molecular flexibility index (Phi) is 4.55. The number of carbonyl (C=O) groups excluding carboxylic acids is 3. The number of amides is 3. The number of fused-ring (bicyclic) bond motifs is 2. The lowest BCUT2D eigenvalue weighted by molar-refractivity contribution is -0.140. The van der Waals surface area contributed by atoms with Gasteiger partial charge in [0.05, 0.1) is 22.1 Å². The lowest BCUT2D eigenvalue weighted by atomic mass is 9.85. The molecule has 2 atom stereocenters. The largest absolute Gasteiger partial charge is 0.302 e. The van der Waals surface area contributed by atoms with Crippen LogP contribution in [0.3, 0.4) is 0 Å². The van der Waals surface area contributed by atoms with Crippen LogP contribution < -0.4 is 5.32 Å². The van der Waals surface area contributed by atoms with Crippen molar-refractivity contribution in [2.45, 2.75) is 33.1 Å². The number of allylic oxidation sites excluding steroid dienone is 2. The lowest BCUT2D eigenvalue weighted by Gasteiger charge is -2.14. The summed E-state index contributed by atoms with van der Waals surface area (Å²) in [7, 11) is 0. The molecule has 2 aromatic rings. The van der Waals surface area contributed by atoms with Crippen molar-refractivity contribution in [1.29, 1.82) is 0 Å². The van der Waals surface area contributed by atoms with Gasteiger partial charge in [-0.15, -0.1) is 0 Å². The SMILES string of the molecule is Cc1cc(C)c2nc(NC(=O)CCN3C(=O)[C@H]4CC=CC[C@@H]4C3=O)sc2c1. The van der Waals surface area contributed by atoms with Crippen LogP contribution in [0.15, 0.2) is 24.3 Å². The summed E-state index contributed by atoms with van der Waals surface area (Å²) < 4.78 is 1.03. The molecule has 1 N–H and O–H groups in total. The second-order valence-electron chi connectivity index (χ2n) is 7.23. The highest BCUT2D eigenvalue weighted by molar-refractivity contribution is 7.22. The van der Waals surface area contributed by atoms with Gasteiger partial charge in [0, 0.05) is 13.0 Å². The van der Waals surface area contributed by atoms with Crippen molar-refractivity contribution in [3.63, 3.8) is 0 Å². The predicted molar refractivity (Wildman–Crippen MR) is 104 cm³/mol. The third kappa shape index (κ3) is 3.27. The Morgan fingerprint density at radius 3 is 2.52 bits per heavy atom. The summed E-state index contributed by atoms with van der Waals surface area (Å²) in [6.07, 6.45) is 5.22. The molecule has 140 valence electrons. The van der Waals surface area contributed by atoms with E-state index in [4.69, 9.17) is 0 Å². The molecular formula is C20H21N3O3S. The van der Waals surface area contributed by atoms with Crippen LogP contribution >= 0.6 is 11.3 Å². The third-order valence-corrected chi connectivity index (χ3v) is 6.16. The first-order valence-corrected chi connectivity index (χ1v) is 9.93. The van der Waals surface area contributed by atoms with Crippen LogP contribution in [0, 0.1) is 25.7 Å². The number of carbonyl (C=O) groups is 3. The molecule has 7 heteroatoms. The van der Waals surface area contributed by atoms with E-state index in [0.717, 1.165) is 21.3 Å². The Hall–Kier alpha value is -2.54. The summed E-state index contributed by atoms with van der Waals surface area (Å²) in [4.78, 5) is 42.9. The fourth-order valence-electron chi connectivity index (χ4n) is 3.91. The molecule has 1 fully saturated rings. The minimum atomic E-state index is -0.249. The maximum Gasteiger partial charge on any atom is 0.233 e. The molecule has 4 rings (SSSR count). The molecule has 27 heavy (non-hydrogen) atoms. The Morgan fingerprint density at radius 2 is 1.85 bits per heavy atom. The van der Waals surface area contributed by atoms with Crippen molar-refractivity contribution in [2.24, 2.45) is 11.8 Å². The Balaban J connectivity index is 1.40. The van der Waals surface area contributed by atoms with E-state index in [1.54, 1.807) is 0 Å². The monoisotopic (exact) mass is 383 g/mol. The highest BCUT2D eigenvalue weighted by Gasteiger charge is 2.46. The molecule has 0 spiro atoms. The number of hydrogen-bond donors (Lipinski definition) is 1. The normalized spacial score (nSPS) is 21.8. The number of nitrogens with one attached hydrogen (secondary N) is 1. The number of hydrogen-bond acceptors (Lipinski definition) is 5. The minimum absolute atomic E-state index is 0.0816. The quantitative estimate of drug-likeness (QED) is 0.650. The average Bonchev–Trinajstić information content (AvgIpc) is 3.13. The van der Waals surface area contributed by atoms with Crippen molar-refractivity contribution in [1.82, 2.24) is 9.88 Å². The Bertz CT molecular complexity index is 952. The molecule has 1 saturated heterocycles. The molecule has 0 saturated carbocycles. The zero-order valence-corrected chi connectivity index (χ0v) is 16.1. The van der Waals surface area contributed by atoms with Crippen LogP contribution in [-0.2, 0) is 14.4 Å². The first kappa shape index (κ1) is 17.9. The molecule has 1 aliphatic carbocycles. The predicted octanol–water partition coefficient (Wildman–Crippen LogP) is 3.19. The minimum Gasteiger partial charge on any atom is -0.302 e. The fraction of sp³-hybridized carbons (Fsp3) is 0.400. The van der Waals surface area contributed by atoms with Gasteiger partial charge in [-0.1, -0.05) is 29.6 Å². The molecule has 0 unspecified atom stereocenters. The van der Waals surface area contributed by atoms with E-state index in [0.29, 0.717) is 18.0 Å². The van der Waals surface area contributed by atoms with Gasteiger partial charge < -0.3 is 5.32 Å². The van der Waals surface area contributed by atoms with Gasteiger partial charge in [-0.05, 0) is 43.9 Å². The van der Waals surface area contributed by atoms with Crippen LogP contribution in [0.1, 0.15) is 30.4 Å².